The first-order chi connectivity index (χ1) is 15.5. The van der Waals surface area contributed by atoms with Crippen LogP contribution in [0.1, 0.15) is 35.2 Å². The van der Waals surface area contributed by atoms with Crippen LogP contribution in [0.2, 0.25) is 0 Å². The number of carbonyl (C=O) groups is 1. The Morgan fingerprint density at radius 2 is 1.55 bits per heavy atom. The van der Waals surface area contributed by atoms with Gasteiger partial charge in [0, 0.05) is 10.2 Å². The number of halogens is 1. The molecule has 2 N–H and O–H groups in total. The van der Waals surface area contributed by atoms with Crippen molar-refractivity contribution in [2.24, 2.45) is 0 Å². The first-order valence-corrected chi connectivity index (χ1v) is 12.7. The number of aryl methyl sites for hydroxylation is 3. The van der Waals surface area contributed by atoms with Gasteiger partial charge in [-0.1, -0.05) is 28.1 Å². The van der Waals surface area contributed by atoms with Gasteiger partial charge >= 0.3 is 0 Å². The maximum absolute atomic E-state index is 12.6. The fraction of sp³-hybridized carbons (Fsp3) is 0.240. The number of amides is 1. The zero-order valence-corrected chi connectivity index (χ0v) is 21.4. The van der Waals surface area contributed by atoms with Crippen LogP contribution in [-0.2, 0) is 14.8 Å². The highest BCUT2D eigenvalue weighted by Gasteiger charge is 2.16. The summed E-state index contributed by atoms with van der Waals surface area (Å²) in [6.07, 6.45) is 0. The van der Waals surface area contributed by atoms with Gasteiger partial charge in [0.05, 0.1) is 10.9 Å². The van der Waals surface area contributed by atoms with Gasteiger partial charge in [-0.05, 0) is 98.5 Å². The average Bonchev–Trinajstić information content (AvgIpc) is 2.76. The maximum Gasteiger partial charge on any atom is 0.261 e. The molecule has 3 aromatic rings. The molecule has 3 rings (SSSR count). The molecule has 8 heteroatoms. The molecule has 0 heterocycles. The smallest absolute Gasteiger partial charge is 0.261 e. The second-order valence-corrected chi connectivity index (χ2v) is 10.6. The van der Waals surface area contributed by atoms with Crippen molar-refractivity contribution in [1.29, 1.82) is 0 Å². The van der Waals surface area contributed by atoms with E-state index >= 15 is 0 Å². The van der Waals surface area contributed by atoms with Gasteiger partial charge in [-0.25, -0.2) is 8.42 Å². The molecule has 1 atom stereocenters. The number of benzene rings is 3. The lowest BCUT2D eigenvalue weighted by Crippen LogP contribution is -2.31. The highest BCUT2D eigenvalue weighted by Crippen LogP contribution is 2.23. The molecule has 33 heavy (non-hydrogen) atoms. The average molecular weight is 531 g/mol. The van der Waals surface area contributed by atoms with E-state index in [0.717, 1.165) is 15.6 Å². The van der Waals surface area contributed by atoms with Crippen LogP contribution >= 0.6 is 15.9 Å². The van der Waals surface area contributed by atoms with Gasteiger partial charge in [0.2, 0.25) is 0 Å². The van der Waals surface area contributed by atoms with Crippen LogP contribution < -0.4 is 14.8 Å². The van der Waals surface area contributed by atoms with Crippen molar-refractivity contribution in [3.8, 4) is 5.75 Å². The molecule has 0 spiro atoms. The first kappa shape index (κ1) is 24.8. The molecule has 0 aromatic heterocycles. The Kier molecular flexibility index (Phi) is 7.81. The fourth-order valence-electron chi connectivity index (χ4n) is 3.41. The Bertz CT molecular complexity index is 1240. The minimum atomic E-state index is -3.73. The van der Waals surface area contributed by atoms with Gasteiger partial charge in [0.15, 0.2) is 6.61 Å². The largest absolute Gasteiger partial charge is 0.484 e. The molecule has 1 amide bonds. The van der Waals surface area contributed by atoms with E-state index in [4.69, 9.17) is 4.74 Å². The van der Waals surface area contributed by atoms with Gasteiger partial charge in [-0.2, -0.15) is 0 Å². The third-order valence-corrected chi connectivity index (χ3v) is 7.25. The SMILES string of the molecule is Cc1cc(C)c(C(C)NC(=O)COc2ccc(S(=O)(=O)Nc3ccc(Br)cc3)cc2)cc1C. The zero-order chi connectivity index (χ0) is 24.2. The Balaban J connectivity index is 1.57. The van der Waals surface area contributed by atoms with Crippen molar-refractivity contribution < 1.29 is 17.9 Å². The van der Waals surface area contributed by atoms with Crippen LogP contribution in [0.25, 0.3) is 0 Å². The summed E-state index contributed by atoms with van der Waals surface area (Å²) in [5.41, 5.74) is 5.05. The predicted octanol–water partition coefficient (Wildman–Crippen LogP) is 5.43. The monoisotopic (exact) mass is 530 g/mol. The minimum absolute atomic E-state index is 0.0982. The molecule has 0 fully saturated rings. The second kappa shape index (κ2) is 10.4. The lowest BCUT2D eigenvalue weighted by atomic mass is 9.96. The number of carbonyl (C=O) groups excluding carboxylic acids is 1. The van der Waals surface area contributed by atoms with Crippen LogP contribution in [0.15, 0.2) is 70.0 Å². The van der Waals surface area contributed by atoms with E-state index in [9.17, 15) is 13.2 Å². The normalized spacial score (nSPS) is 12.2. The number of rotatable bonds is 8. The van der Waals surface area contributed by atoms with E-state index in [1.807, 2.05) is 20.8 Å². The van der Waals surface area contributed by atoms with Crippen molar-refractivity contribution in [2.75, 3.05) is 11.3 Å². The molecule has 0 radical (unpaired) electrons. The number of ether oxygens (including phenoxy) is 1. The summed E-state index contributed by atoms with van der Waals surface area (Å²) in [7, 11) is -3.73. The van der Waals surface area contributed by atoms with Crippen LogP contribution in [0, 0.1) is 20.8 Å². The van der Waals surface area contributed by atoms with E-state index in [1.54, 1.807) is 24.3 Å². The topological polar surface area (TPSA) is 84.5 Å². The summed E-state index contributed by atoms with van der Waals surface area (Å²) in [4.78, 5) is 12.5. The van der Waals surface area contributed by atoms with E-state index in [0.29, 0.717) is 11.4 Å². The molecule has 0 aliphatic carbocycles. The summed E-state index contributed by atoms with van der Waals surface area (Å²) in [6, 6.07) is 16.8. The molecule has 0 aliphatic rings. The standard InChI is InChI=1S/C25H27BrN2O4S/c1-16-13-18(3)24(14-17(16)2)19(4)27-25(29)15-32-22-9-11-23(12-10-22)33(30,31)28-21-7-5-20(26)6-8-21/h5-14,19,28H,15H2,1-4H3,(H,27,29). The molecule has 0 bridgehead atoms. The first-order valence-electron chi connectivity index (χ1n) is 10.4. The summed E-state index contributed by atoms with van der Waals surface area (Å²) >= 11 is 3.32. The van der Waals surface area contributed by atoms with E-state index in [1.165, 1.54) is 35.4 Å². The van der Waals surface area contributed by atoms with Gasteiger partial charge in [0.25, 0.3) is 15.9 Å². The quantitative estimate of drug-likeness (QED) is 0.406. The number of nitrogens with one attached hydrogen (secondary N) is 2. The summed E-state index contributed by atoms with van der Waals surface area (Å²) in [5.74, 6) is 0.150. The molecular formula is C25H27BrN2O4S. The molecule has 0 aliphatic heterocycles. The molecular weight excluding hydrogens is 504 g/mol. The number of hydrogen-bond donors (Lipinski definition) is 2. The molecule has 0 saturated heterocycles. The van der Waals surface area contributed by atoms with Crippen molar-refractivity contribution in [3.63, 3.8) is 0 Å². The fourth-order valence-corrected chi connectivity index (χ4v) is 4.73. The maximum atomic E-state index is 12.6. The Hall–Kier alpha value is -2.84. The lowest BCUT2D eigenvalue weighted by molar-refractivity contribution is -0.123. The molecule has 6 nitrogen and oxygen atoms in total. The van der Waals surface area contributed by atoms with E-state index in [2.05, 4.69) is 45.0 Å². The summed E-state index contributed by atoms with van der Waals surface area (Å²) in [5, 5.41) is 2.95. The van der Waals surface area contributed by atoms with Crippen molar-refractivity contribution in [3.05, 3.63) is 87.4 Å². The number of sulfonamides is 1. The van der Waals surface area contributed by atoms with Crippen molar-refractivity contribution >= 4 is 37.5 Å². The zero-order valence-electron chi connectivity index (χ0n) is 19.0. The van der Waals surface area contributed by atoms with Crippen molar-refractivity contribution in [2.45, 2.75) is 38.6 Å². The molecule has 0 saturated carbocycles. The van der Waals surface area contributed by atoms with E-state index < -0.39 is 10.0 Å². The molecule has 1 unspecified atom stereocenters. The number of anilines is 1. The van der Waals surface area contributed by atoms with Crippen molar-refractivity contribution in [1.82, 2.24) is 5.32 Å². The Labute approximate surface area is 203 Å². The Morgan fingerprint density at radius 1 is 0.939 bits per heavy atom. The van der Waals surface area contributed by atoms with Crippen LogP contribution in [0.4, 0.5) is 5.69 Å². The van der Waals surface area contributed by atoms with Crippen LogP contribution in [0.5, 0.6) is 5.75 Å². The Morgan fingerprint density at radius 3 is 2.18 bits per heavy atom. The van der Waals surface area contributed by atoms with Crippen LogP contribution in [-0.4, -0.2) is 20.9 Å². The van der Waals surface area contributed by atoms with Crippen LogP contribution in [0.3, 0.4) is 0 Å². The van der Waals surface area contributed by atoms with E-state index in [-0.39, 0.29) is 23.5 Å². The lowest BCUT2D eigenvalue weighted by Gasteiger charge is -2.18. The van der Waals surface area contributed by atoms with Gasteiger partial charge in [-0.3, -0.25) is 9.52 Å². The summed E-state index contributed by atoms with van der Waals surface area (Å²) in [6.45, 7) is 7.91. The molecule has 3 aromatic carbocycles. The predicted molar refractivity (Wildman–Crippen MR) is 134 cm³/mol. The van der Waals surface area contributed by atoms with Gasteiger partial charge < -0.3 is 10.1 Å². The minimum Gasteiger partial charge on any atom is -0.484 e. The summed E-state index contributed by atoms with van der Waals surface area (Å²) < 4.78 is 34.1. The number of hydrogen-bond acceptors (Lipinski definition) is 4. The highest BCUT2D eigenvalue weighted by molar-refractivity contribution is 9.10. The third kappa shape index (κ3) is 6.58. The molecule has 174 valence electrons. The highest BCUT2D eigenvalue weighted by atomic mass is 79.9. The second-order valence-electron chi connectivity index (χ2n) is 7.95. The van der Waals surface area contributed by atoms with Gasteiger partial charge in [0.1, 0.15) is 5.75 Å². The van der Waals surface area contributed by atoms with Gasteiger partial charge in [-0.15, -0.1) is 0 Å². The third-order valence-electron chi connectivity index (χ3n) is 5.33.